The van der Waals surface area contributed by atoms with Crippen LogP contribution in [0.3, 0.4) is 0 Å². The first-order valence-electron chi connectivity index (χ1n) is 8.98. The van der Waals surface area contributed by atoms with Crippen molar-refractivity contribution in [3.05, 3.63) is 99.6 Å². The standard InChI is InChI=1S/C22H17N3O4/c1-23(14-15-8-4-2-5-9-15)19-12-17-18(13-20(19)25(28)29)22(27)24(21(17)26)16-10-6-3-7-11-16/h2-13H,14H2,1H3. The smallest absolute Gasteiger partial charge is 0.293 e. The number of rotatable bonds is 5. The number of carbonyl (C=O) groups is 2. The summed E-state index contributed by atoms with van der Waals surface area (Å²) in [6.45, 7) is 0.422. The van der Waals surface area contributed by atoms with Crippen LogP contribution in [-0.2, 0) is 6.54 Å². The fourth-order valence-electron chi connectivity index (χ4n) is 3.47. The topological polar surface area (TPSA) is 83.8 Å². The number of imide groups is 1. The highest BCUT2D eigenvalue weighted by molar-refractivity contribution is 6.35. The fourth-order valence-corrected chi connectivity index (χ4v) is 3.47. The first kappa shape index (κ1) is 18.4. The molecule has 4 rings (SSSR count). The summed E-state index contributed by atoms with van der Waals surface area (Å²) >= 11 is 0. The van der Waals surface area contributed by atoms with Crippen LogP contribution in [0, 0.1) is 10.1 Å². The molecule has 2 amide bonds. The minimum Gasteiger partial charge on any atom is -0.365 e. The lowest BCUT2D eigenvalue weighted by Gasteiger charge is -2.20. The van der Waals surface area contributed by atoms with Gasteiger partial charge in [0.15, 0.2) is 0 Å². The van der Waals surface area contributed by atoms with Crippen molar-refractivity contribution in [3.63, 3.8) is 0 Å². The van der Waals surface area contributed by atoms with Gasteiger partial charge in [-0.1, -0.05) is 48.5 Å². The third-order valence-electron chi connectivity index (χ3n) is 4.87. The lowest BCUT2D eigenvalue weighted by atomic mass is 10.1. The Hall–Kier alpha value is -4.00. The number of benzene rings is 3. The molecule has 7 nitrogen and oxygen atoms in total. The quantitative estimate of drug-likeness (QED) is 0.375. The second kappa shape index (κ2) is 7.20. The maximum atomic E-state index is 12.9. The zero-order chi connectivity index (χ0) is 20.5. The molecule has 0 bridgehead atoms. The van der Waals surface area contributed by atoms with Gasteiger partial charge in [0, 0.05) is 19.7 Å². The Balaban J connectivity index is 1.77. The van der Waals surface area contributed by atoms with Crippen LogP contribution in [0.25, 0.3) is 0 Å². The van der Waals surface area contributed by atoms with Crippen LogP contribution in [-0.4, -0.2) is 23.8 Å². The van der Waals surface area contributed by atoms with E-state index in [1.54, 1.807) is 42.3 Å². The van der Waals surface area contributed by atoms with Crippen molar-refractivity contribution in [2.24, 2.45) is 0 Å². The molecule has 3 aromatic rings. The van der Waals surface area contributed by atoms with Crippen molar-refractivity contribution in [2.75, 3.05) is 16.8 Å². The van der Waals surface area contributed by atoms with E-state index in [-0.39, 0.29) is 22.5 Å². The summed E-state index contributed by atoms with van der Waals surface area (Å²) in [5.41, 5.74) is 1.69. The summed E-state index contributed by atoms with van der Waals surface area (Å²) in [6, 6.07) is 20.7. The van der Waals surface area contributed by atoms with Gasteiger partial charge in [0.05, 0.1) is 21.7 Å². The monoisotopic (exact) mass is 387 g/mol. The van der Waals surface area contributed by atoms with Crippen LogP contribution in [0.4, 0.5) is 17.1 Å². The molecule has 1 aliphatic heterocycles. The van der Waals surface area contributed by atoms with Crippen LogP contribution in [0.5, 0.6) is 0 Å². The molecular weight excluding hydrogens is 370 g/mol. The molecular formula is C22H17N3O4. The number of nitro groups is 1. The van der Waals surface area contributed by atoms with Crippen molar-refractivity contribution in [2.45, 2.75) is 6.54 Å². The molecule has 144 valence electrons. The van der Waals surface area contributed by atoms with Crippen molar-refractivity contribution in [1.82, 2.24) is 0 Å². The van der Waals surface area contributed by atoms with Gasteiger partial charge in [0.1, 0.15) is 5.69 Å². The summed E-state index contributed by atoms with van der Waals surface area (Å²) in [7, 11) is 1.72. The lowest BCUT2D eigenvalue weighted by Crippen LogP contribution is -2.29. The Kier molecular flexibility index (Phi) is 4.56. The molecule has 0 spiro atoms. The summed E-state index contributed by atoms with van der Waals surface area (Å²) in [5, 5.41) is 11.7. The third kappa shape index (κ3) is 3.23. The molecule has 0 saturated carbocycles. The molecule has 0 unspecified atom stereocenters. The van der Waals surface area contributed by atoms with E-state index >= 15 is 0 Å². The number of hydrogen-bond acceptors (Lipinski definition) is 5. The van der Waals surface area contributed by atoms with E-state index in [2.05, 4.69) is 0 Å². The Morgan fingerprint density at radius 3 is 2.03 bits per heavy atom. The zero-order valence-corrected chi connectivity index (χ0v) is 15.6. The molecule has 1 heterocycles. The molecule has 0 fully saturated rings. The SMILES string of the molecule is CN(Cc1ccccc1)c1cc2c(cc1[N+](=O)[O-])C(=O)N(c1ccccc1)C2=O. The van der Waals surface area contributed by atoms with Gasteiger partial charge in [-0.3, -0.25) is 19.7 Å². The second-order valence-corrected chi connectivity index (χ2v) is 6.77. The number of amides is 2. The van der Waals surface area contributed by atoms with Crippen LogP contribution < -0.4 is 9.80 Å². The van der Waals surface area contributed by atoms with E-state index in [4.69, 9.17) is 0 Å². The van der Waals surface area contributed by atoms with Gasteiger partial charge in [-0.15, -0.1) is 0 Å². The number of anilines is 2. The molecule has 3 aromatic carbocycles. The molecule has 0 N–H and O–H groups in total. The predicted octanol–water partition coefficient (Wildman–Crippen LogP) is 4.03. The maximum Gasteiger partial charge on any atom is 0.293 e. The average Bonchev–Trinajstić information content (AvgIpc) is 2.98. The van der Waals surface area contributed by atoms with Crippen molar-refractivity contribution >= 4 is 28.9 Å². The van der Waals surface area contributed by atoms with Gasteiger partial charge in [-0.05, 0) is 23.8 Å². The number of nitro benzene ring substituents is 1. The highest BCUT2D eigenvalue weighted by Crippen LogP contribution is 2.37. The van der Waals surface area contributed by atoms with Gasteiger partial charge < -0.3 is 4.90 Å². The highest BCUT2D eigenvalue weighted by Gasteiger charge is 2.39. The Labute approximate surface area is 166 Å². The number of carbonyl (C=O) groups excluding carboxylic acids is 2. The predicted molar refractivity (Wildman–Crippen MR) is 109 cm³/mol. The van der Waals surface area contributed by atoms with E-state index in [0.29, 0.717) is 12.2 Å². The van der Waals surface area contributed by atoms with E-state index in [9.17, 15) is 19.7 Å². The number of hydrogen-bond donors (Lipinski definition) is 0. The Morgan fingerprint density at radius 1 is 0.897 bits per heavy atom. The van der Waals surface area contributed by atoms with Crippen molar-refractivity contribution < 1.29 is 14.5 Å². The minimum atomic E-state index is -0.559. The molecule has 0 aromatic heterocycles. The van der Waals surface area contributed by atoms with Crippen molar-refractivity contribution in [1.29, 1.82) is 0 Å². The fraction of sp³-hybridized carbons (Fsp3) is 0.0909. The maximum absolute atomic E-state index is 12.9. The average molecular weight is 387 g/mol. The largest absolute Gasteiger partial charge is 0.365 e. The summed E-state index contributed by atoms with van der Waals surface area (Å²) in [6.07, 6.45) is 0. The Bertz CT molecular complexity index is 1110. The van der Waals surface area contributed by atoms with Gasteiger partial charge in [-0.2, -0.15) is 0 Å². The number of nitrogens with zero attached hydrogens (tertiary/aromatic N) is 3. The molecule has 0 atom stereocenters. The van der Waals surface area contributed by atoms with E-state index in [1.165, 1.54) is 12.1 Å². The molecule has 29 heavy (non-hydrogen) atoms. The normalized spacial score (nSPS) is 12.8. The van der Waals surface area contributed by atoms with E-state index < -0.39 is 16.7 Å². The first-order chi connectivity index (χ1) is 14.0. The number of para-hydroxylation sites is 1. The van der Waals surface area contributed by atoms with Crippen LogP contribution in [0.1, 0.15) is 26.3 Å². The minimum absolute atomic E-state index is 0.0439. The van der Waals surface area contributed by atoms with Crippen LogP contribution >= 0.6 is 0 Å². The van der Waals surface area contributed by atoms with E-state index in [0.717, 1.165) is 10.5 Å². The molecule has 0 radical (unpaired) electrons. The molecule has 0 aliphatic carbocycles. The van der Waals surface area contributed by atoms with Crippen LogP contribution in [0.2, 0.25) is 0 Å². The summed E-state index contributed by atoms with van der Waals surface area (Å²) in [4.78, 5) is 39.7. The van der Waals surface area contributed by atoms with Gasteiger partial charge >= 0.3 is 0 Å². The van der Waals surface area contributed by atoms with E-state index in [1.807, 2.05) is 30.3 Å². The van der Waals surface area contributed by atoms with Crippen LogP contribution in [0.15, 0.2) is 72.8 Å². The number of fused-ring (bicyclic) bond motifs is 1. The summed E-state index contributed by atoms with van der Waals surface area (Å²) in [5.74, 6) is -1.04. The van der Waals surface area contributed by atoms with Gasteiger partial charge in [0.25, 0.3) is 17.5 Å². The summed E-state index contributed by atoms with van der Waals surface area (Å²) < 4.78 is 0. The van der Waals surface area contributed by atoms with Gasteiger partial charge in [0.2, 0.25) is 0 Å². The van der Waals surface area contributed by atoms with Crippen molar-refractivity contribution in [3.8, 4) is 0 Å². The Morgan fingerprint density at radius 2 is 1.45 bits per heavy atom. The van der Waals surface area contributed by atoms with Gasteiger partial charge in [-0.25, -0.2) is 4.90 Å². The molecule has 1 aliphatic rings. The first-order valence-corrected chi connectivity index (χ1v) is 8.98. The molecule has 0 saturated heterocycles. The zero-order valence-electron chi connectivity index (χ0n) is 15.6. The highest BCUT2D eigenvalue weighted by atomic mass is 16.6. The third-order valence-corrected chi connectivity index (χ3v) is 4.87. The second-order valence-electron chi connectivity index (χ2n) is 6.77. The lowest BCUT2D eigenvalue weighted by molar-refractivity contribution is -0.384. The molecule has 7 heteroatoms.